The third-order valence-electron chi connectivity index (χ3n) is 4.96. The minimum absolute atomic E-state index is 0.0814. The highest BCUT2D eigenvalue weighted by molar-refractivity contribution is 5.98. The highest BCUT2D eigenvalue weighted by atomic mass is 16.5. The van der Waals surface area contributed by atoms with Crippen molar-refractivity contribution in [2.24, 2.45) is 0 Å². The number of amides is 1. The second-order valence-electron chi connectivity index (χ2n) is 6.56. The standard InChI is InChI=1S/C18H28N4O2/c1-19-18(23)16-5-4-8-20-17(16)22-11-6-15(7-12-22)24-14-13-21-9-2-3-10-21/h4-5,8,15H,2-3,6-7,9-14H2,1H3,(H,19,23). The van der Waals surface area contributed by atoms with E-state index in [2.05, 4.69) is 20.1 Å². The molecule has 132 valence electrons. The first kappa shape index (κ1) is 17.2. The molecule has 3 heterocycles. The van der Waals surface area contributed by atoms with E-state index in [-0.39, 0.29) is 5.91 Å². The van der Waals surface area contributed by atoms with Crippen LogP contribution in [0.3, 0.4) is 0 Å². The molecular weight excluding hydrogens is 304 g/mol. The second kappa shape index (κ2) is 8.44. The summed E-state index contributed by atoms with van der Waals surface area (Å²) in [7, 11) is 1.65. The number of rotatable bonds is 6. The molecule has 2 aliphatic heterocycles. The van der Waals surface area contributed by atoms with Crippen LogP contribution in [0.5, 0.6) is 0 Å². The van der Waals surface area contributed by atoms with Gasteiger partial charge in [-0.05, 0) is 50.9 Å². The number of hydrogen-bond acceptors (Lipinski definition) is 5. The maximum absolute atomic E-state index is 12.0. The van der Waals surface area contributed by atoms with Gasteiger partial charge in [-0.2, -0.15) is 0 Å². The van der Waals surface area contributed by atoms with Gasteiger partial charge in [0.2, 0.25) is 0 Å². The average Bonchev–Trinajstić information content (AvgIpc) is 3.15. The monoisotopic (exact) mass is 332 g/mol. The number of aromatic nitrogens is 1. The molecule has 1 amide bonds. The molecule has 0 spiro atoms. The highest BCUT2D eigenvalue weighted by Crippen LogP contribution is 2.23. The molecule has 6 heteroatoms. The molecule has 0 unspecified atom stereocenters. The quantitative estimate of drug-likeness (QED) is 0.856. The largest absolute Gasteiger partial charge is 0.377 e. The molecule has 6 nitrogen and oxygen atoms in total. The number of nitrogens with zero attached hydrogens (tertiary/aromatic N) is 3. The molecule has 24 heavy (non-hydrogen) atoms. The maximum Gasteiger partial charge on any atom is 0.254 e. The fraction of sp³-hybridized carbons (Fsp3) is 0.667. The molecule has 0 saturated carbocycles. The second-order valence-corrected chi connectivity index (χ2v) is 6.56. The molecule has 0 aliphatic carbocycles. The Bertz CT molecular complexity index is 538. The minimum Gasteiger partial charge on any atom is -0.377 e. The lowest BCUT2D eigenvalue weighted by atomic mass is 10.1. The van der Waals surface area contributed by atoms with E-state index in [1.165, 1.54) is 25.9 Å². The van der Waals surface area contributed by atoms with Crippen LogP contribution in [0.1, 0.15) is 36.0 Å². The van der Waals surface area contributed by atoms with Crippen LogP contribution in [0.2, 0.25) is 0 Å². The van der Waals surface area contributed by atoms with Crippen molar-refractivity contribution in [3.63, 3.8) is 0 Å². The number of likely N-dealkylation sites (tertiary alicyclic amines) is 1. The van der Waals surface area contributed by atoms with Crippen molar-refractivity contribution >= 4 is 11.7 Å². The zero-order valence-corrected chi connectivity index (χ0v) is 14.5. The van der Waals surface area contributed by atoms with Gasteiger partial charge < -0.3 is 19.9 Å². The van der Waals surface area contributed by atoms with E-state index in [0.29, 0.717) is 11.7 Å². The van der Waals surface area contributed by atoms with Crippen molar-refractivity contribution in [2.75, 3.05) is 51.3 Å². The first-order valence-electron chi connectivity index (χ1n) is 9.04. The Kier molecular flexibility index (Phi) is 6.04. The summed E-state index contributed by atoms with van der Waals surface area (Å²) in [5.74, 6) is 0.703. The van der Waals surface area contributed by atoms with Crippen LogP contribution in [0.25, 0.3) is 0 Å². The molecule has 2 aliphatic rings. The molecule has 2 fully saturated rings. The summed E-state index contributed by atoms with van der Waals surface area (Å²) >= 11 is 0. The molecule has 0 bridgehead atoms. The topological polar surface area (TPSA) is 57.7 Å². The number of carbonyl (C=O) groups is 1. The fourth-order valence-electron chi connectivity index (χ4n) is 3.55. The van der Waals surface area contributed by atoms with Gasteiger partial charge in [-0.15, -0.1) is 0 Å². The summed E-state index contributed by atoms with van der Waals surface area (Å²) < 4.78 is 6.06. The van der Waals surface area contributed by atoms with Gasteiger partial charge in [0.15, 0.2) is 0 Å². The zero-order valence-electron chi connectivity index (χ0n) is 14.5. The van der Waals surface area contributed by atoms with Crippen LogP contribution in [-0.2, 0) is 4.74 Å². The number of anilines is 1. The van der Waals surface area contributed by atoms with Crippen LogP contribution in [-0.4, -0.2) is 68.3 Å². The lowest BCUT2D eigenvalue weighted by molar-refractivity contribution is 0.0265. The number of piperidine rings is 1. The van der Waals surface area contributed by atoms with Gasteiger partial charge in [-0.3, -0.25) is 4.79 Å². The molecule has 1 aromatic rings. The Morgan fingerprint density at radius 1 is 1.29 bits per heavy atom. The molecule has 0 atom stereocenters. The Balaban J connectivity index is 1.47. The highest BCUT2D eigenvalue weighted by Gasteiger charge is 2.24. The number of hydrogen-bond donors (Lipinski definition) is 1. The Hall–Kier alpha value is -1.66. The molecule has 2 saturated heterocycles. The van der Waals surface area contributed by atoms with Crippen molar-refractivity contribution in [3.8, 4) is 0 Å². The summed E-state index contributed by atoms with van der Waals surface area (Å²) in [5.41, 5.74) is 0.647. The molecule has 1 aromatic heterocycles. The van der Waals surface area contributed by atoms with Crippen molar-refractivity contribution in [3.05, 3.63) is 23.9 Å². The third-order valence-corrected chi connectivity index (χ3v) is 4.96. The number of pyridine rings is 1. The predicted octanol–water partition coefficient (Wildman–Crippen LogP) is 1.52. The van der Waals surface area contributed by atoms with Crippen LogP contribution < -0.4 is 10.2 Å². The summed E-state index contributed by atoms with van der Waals surface area (Å²) in [6, 6.07) is 3.64. The van der Waals surface area contributed by atoms with Gasteiger partial charge in [0, 0.05) is 32.9 Å². The first-order valence-corrected chi connectivity index (χ1v) is 9.04. The number of nitrogens with one attached hydrogen (secondary N) is 1. The van der Waals surface area contributed by atoms with Crippen LogP contribution in [0, 0.1) is 0 Å². The normalized spacial score (nSPS) is 19.6. The summed E-state index contributed by atoms with van der Waals surface area (Å²) in [6.45, 7) is 6.11. The SMILES string of the molecule is CNC(=O)c1cccnc1N1CCC(OCCN2CCCC2)CC1. The van der Waals surface area contributed by atoms with E-state index >= 15 is 0 Å². The van der Waals surface area contributed by atoms with E-state index in [0.717, 1.165) is 44.9 Å². The Labute approximate surface area is 144 Å². The summed E-state index contributed by atoms with van der Waals surface area (Å²) in [5, 5.41) is 2.69. The van der Waals surface area contributed by atoms with Crippen molar-refractivity contribution in [1.29, 1.82) is 0 Å². The fourth-order valence-corrected chi connectivity index (χ4v) is 3.55. The van der Waals surface area contributed by atoms with E-state index in [1.807, 2.05) is 12.1 Å². The van der Waals surface area contributed by atoms with Crippen molar-refractivity contribution in [2.45, 2.75) is 31.8 Å². The number of ether oxygens (including phenoxy) is 1. The number of carbonyl (C=O) groups excluding carboxylic acids is 1. The van der Waals surface area contributed by atoms with Gasteiger partial charge in [0.1, 0.15) is 5.82 Å². The van der Waals surface area contributed by atoms with Crippen LogP contribution in [0.15, 0.2) is 18.3 Å². The van der Waals surface area contributed by atoms with E-state index in [1.54, 1.807) is 13.2 Å². The van der Waals surface area contributed by atoms with E-state index in [4.69, 9.17) is 4.74 Å². The predicted molar refractivity (Wildman–Crippen MR) is 94.5 cm³/mol. The van der Waals surface area contributed by atoms with Crippen molar-refractivity contribution in [1.82, 2.24) is 15.2 Å². The third kappa shape index (κ3) is 4.24. The van der Waals surface area contributed by atoms with Gasteiger partial charge in [-0.1, -0.05) is 0 Å². The molecule has 3 rings (SSSR count). The van der Waals surface area contributed by atoms with Gasteiger partial charge in [0.05, 0.1) is 18.3 Å². The first-order chi connectivity index (χ1) is 11.8. The van der Waals surface area contributed by atoms with Crippen LogP contribution >= 0.6 is 0 Å². The molecule has 0 radical (unpaired) electrons. The van der Waals surface area contributed by atoms with Gasteiger partial charge in [-0.25, -0.2) is 4.98 Å². The Morgan fingerprint density at radius 3 is 2.75 bits per heavy atom. The summed E-state index contributed by atoms with van der Waals surface area (Å²) in [6.07, 6.45) is 6.72. The minimum atomic E-state index is -0.0814. The Morgan fingerprint density at radius 2 is 2.04 bits per heavy atom. The van der Waals surface area contributed by atoms with Crippen molar-refractivity contribution < 1.29 is 9.53 Å². The van der Waals surface area contributed by atoms with Gasteiger partial charge >= 0.3 is 0 Å². The zero-order chi connectivity index (χ0) is 16.8. The van der Waals surface area contributed by atoms with E-state index < -0.39 is 0 Å². The van der Waals surface area contributed by atoms with Crippen LogP contribution in [0.4, 0.5) is 5.82 Å². The molecular formula is C18H28N4O2. The smallest absolute Gasteiger partial charge is 0.254 e. The average molecular weight is 332 g/mol. The molecule has 1 N–H and O–H groups in total. The maximum atomic E-state index is 12.0. The lowest BCUT2D eigenvalue weighted by Gasteiger charge is -2.33. The van der Waals surface area contributed by atoms with E-state index in [9.17, 15) is 4.79 Å². The summed E-state index contributed by atoms with van der Waals surface area (Å²) in [4.78, 5) is 21.1. The molecule has 0 aromatic carbocycles. The lowest BCUT2D eigenvalue weighted by Crippen LogP contribution is -2.39. The van der Waals surface area contributed by atoms with Gasteiger partial charge in [0.25, 0.3) is 5.91 Å².